The van der Waals surface area contributed by atoms with Crippen molar-refractivity contribution in [2.24, 2.45) is 5.92 Å². The Bertz CT molecular complexity index is 406. The summed E-state index contributed by atoms with van der Waals surface area (Å²) in [6, 6.07) is 3.63. The van der Waals surface area contributed by atoms with Crippen LogP contribution in [0.1, 0.15) is 25.5 Å². The van der Waals surface area contributed by atoms with E-state index in [4.69, 9.17) is 4.42 Å². The lowest BCUT2D eigenvalue weighted by Gasteiger charge is -2.30. The molecule has 98 valence electrons. The average Bonchev–Trinajstić information content (AvgIpc) is 2.89. The largest absolute Gasteiger partial charge is 0.467 e. The molecule has 1 aliphatic heterocycles. The molecule has 5 heteroatoms. The summed E-state index contributed by atoms with van der Waals surface area (Å²) in [5.41, 5.74) is 0. The first kappa shape index (κ1) is 12.7. The van der Waals surface area contributed by atoms with E-state index >= 15 is 0 Å². The molecule has 1 aliphatic rings. The van der Waals surface area contributed by atoms with Gasteiger partial charge in [0.2, 0.25) is 11.8 Å². The number of nitrogens with one attached hydrogen (secondary N) is 1. The molecule has 2 rings (SSSR count). The minimum atomic E-state index is 0.00978. The lowest BCUT2D eigenvalue weighted by molar-refractivity contribution is -0.134. The van der Waals surface area contributed by atoms with Crippen LogP contribution >= 0.6 is 0 Å². The van der Waals surface area contributed by atoms with Gasteiger partial charge in [0.15, 0.2) is 0 Å². The van der Waals surface area contributed by atoms with E-state index in [1.807, 2.05) is 6.07 Å². The van der Waals surface area contributed by atoms with Gasteiger partial charge < -0.3 is 14.6 Å². The lowest BCUT2D eigenvalue weighted by atomic mass is 9.96. The van der Waals surface area contributed by atoms with Crippen molar-refractivity contribution in [2.75, 3.05) is 13.1 Å². The van der Waals surface area contributed by atoms with Crippen LogP contribution in [0.25, 0.3) is 0 Å². The fraction of sp³-hybridized carbons (Fsp3) is 0.538. The Morgan fingerprint density at radius 1 is 1.44 bits per heavy atom. The molecule has 0 spiro atoms. The first-order chi connectivity index (χ1) is 8.66. The maximum atomic E-state index is 11.9. The van der Waals surface area contributed by atoms with Gasteiger partial charge in [-0.3, -0.25) is 9.59 Å². The predicted molar refractivity (Wildman–Crippen MR) is 65.5 cm³/mol. The summed E-state index contributed by atoms with van der Waals surface area (Å²) >= 11 is 0. The van der Waals surface area contributed by atoms with Gasteiger partial charge in [0.25, 0.3) is 0 Å². The lowest BCUT2D eigenvalue weighted by Crippen LogP contribution is -2.42. The van der Waals surface area contributed by atoms with Crippen molar-refractivity contribution >= 4 is 11.8 Å². The quantitative estimate of drug-likeness (QED) is 0.875. The zero-order chi connectivity index (χ0) is 13.0. The van der Waals surface area contributed by atoms with E-state index in [-0.39, 0.29) is 17.7 Å². The first-order valence-corrected chi connectivity index (χ1v) is 6.22. The Kier molecular flexibility index (Phi) is 4.02. The summed E-state index contributed by atoms with van der Waals surface area (Å²) in [4.78, 5) is 24.9. The van der Waals surface area contributed by atoms with E-state index in [2.05, 4.69) is 5.32 Å². The Hall–Kier alpha value is -1.78. The van der Waals surface area contributed by atoms with Gasteiger partial charge in [-0.2, -0.15) is 0 Å². The highest BCUT2D eigenvalue weighted by molar-refractivity contribution is 5.79. The Morgan fingerprint density at radius 3 is 2.72 bits per heavy atom. The molecule has 0 saturated carbocycles. The molecule has 1 fully saturated rings. The third-order valence-electron chi connectivity index (χ3n) is 3.33. The summed E-state index contributed by atoms with van der Waals surface area (Å²) < 4.78 is 5.15. The Morgan fingerprint density at radius 2 is 2.17 bits per heavy atom. The molecule has 18 heavy (non-hydrogen) atoms. The highest BCUT2D eigenvalue weighted by Gasteiger charge is 2.25. The van der Waals surface area contributed by atoms with E-state index < -0.39 is 0 Å². The van der Waals surface area contributed by atoms with Crippen molar-refractivity contribution in [3.05, 3.63) is 24.2 Å². The third kappa shape index (κ3) is 3.12. The number of rotatable bonds is 3. The van der Waals surface area contributed by atoms with Crippen molar-refractivity contribution in [2.45, 2.75) is 26.3 Å². The van der Waals surface area contributed by atoms with Crippen molar-refractivity contribution in [1.29, 1.82) is 0 Å². The Balaban J connectivity index is 1.75. The van der Waals surface area contributed by atoms with Crippen LogP contribution in [0.2, 0.25) is 0 Å². The monoisotopic (exact) mass is 250 g/mol. The van der Waals surface area contributed by atoms with Crippen LogP contribution in [0.5, 0.6) is 0 Å². The maximum absolute atomic E-state index is 11.9. The minimum absolute atomic E-state index is 0.00978. The fourth-order valence-corrected chi connectivity index (χ4v) is 2.19. The number of carbonyl (C=O) groups excluding carboxylic acids is 2. The number of nitrogens with zero attached hydrogens (tertiary/aromatic N) is 1. The SMILES string of the molecule is CC(=O)N1CCC(C(=O)NCc2ccco2)CC1. The number of hydrogen-bond acceptors (Lipinski definition) is 3. The summed E-state index contributed by atoms with van der Waals surface area (Å²) in [7, 11) is 0. The molecule has 0 unspecified atom stereocenters. The van der Waals surface area contributed by atoms with Crippen molar-refractivity contribution in [3.63, 3.8) is 0 Å². The molecule has 1 aromatic rings. The van der Waals surface area contributed by atoms with Gasteiger partial charge in [-0.05, 0) is 25.0 Å². The van der Waals surface area contributed by atoms with E-state index in [0.29, 0.717) is 19.6 Å². The molecule has 5 nitrogen and oxygen atoms in total. The smallest absolute Gasteiger partial charge is 0.223 e. The van der Waals surface area contributed by atoms with Crippen LogP contribution in [0.3, 0.4) is 0 Å². The second kappa shape index (κ2) is 5.71. The van der Waals surface area contributed by atoms with Crippen molar-refractivity contribution in [1.82, 2.24) is 10.2 Å². The molecule has 0 radical (unpaired) electrons. The first-order valence-electron chi connectivity index (χ1n) is 6.22. The maximum Gasteiger partial charge on any atom is 0.223 e. The molecule has 0 atom stereocenters. The van der Waals surface area contributed by atoms with Crippen LogP contribution in [-0.2, 0) is 16.1 Å². The average molecular weight is 250 g/mol. The standard InChI is InChI=1S/C13H18N2O3/c1-10(16)15-6-4-11(5-7-15)13(17)14-9-12-3-2-8-18-12/h2-3,8,11H,4-7,9H2,1H3,(H,14,17). The van der Waals surface area contributed by atoms with Crippen molar-refractivity contribution < 1.29 is 14.0 Å². The molecule has 2 heterocycles. The second-order valence-electron chi connectivity index (χ2n) is 4.58. The number of piperidine rings is 1. The van der Waals surface area contributed by atoms with E-state index in [0.717, 1.165) is 18.6 Å². The van der Waals surface area contributed by atoms with Crippen LogP contribution in [0.4, 0.5) is 0 Å². The number of furan rings is 1. The Labute approximate surface area is 106 Å². The van der Waals surface area contributed by atoms with Gasteiger partial charge in [-0.1, -0.05) is 0 Å². The third-order valence-corrected chi connectivity index (χ3v) is 3.33. The molecule has 1 N–H and O–H groups in total. The molecular weight excluding hydrogens is 232 g/mol. The topological polar surface area (TPSA) is 62.6 Å². The van der Waals surface area contributed by atoms with Gasteiger partial charge in [0.05, 0.1) is 12.8 Å². The van der Waals surface area contributed by atoms with Crippen LogP contribution in [-0.4, -0.2) is 29.8 Å². The summed E-state index contributed by atoms with van der Waals surface area (Å²) in [6.45, 7) is 3.35. The number of amides is 2. The van der Waals surface area contributed by atoms with Crippen LogP contribution in [0, 0.1) is 5.92 Å². The highest BCUT2D eigenvalue weighted by atomic mass is 16.3. The number of likely N-dealkylation sites (tertiary alicyclic amines) is 1. The van der Waals surface area contributed by atoms with Crippen molar-refractivity contribution in [3.8, 4) is 0 Å². The highest BCUT2D eigenvalue weighted by Crippen LogP contribution is 2.17. The molecular formula is C13H18N2O3. The minimum Gasteiger partial charge on any atom is -0.467 e. The fourth-order valence-electron chi connectivity index (χ4n) is 2.19. The summed E-state index contributed by atoms with van der Waals surface area (Å²) in [5.74, 6) is 0.902. The summed E-state index contributed by atoms with van der Waals surface area (Å²) in [5, 5.41) is 2.86. The van der Waals surface area contributed by atoms with Crippen LogP contribution in [0.15, 0.2) is 22.8 Å². The van der Waals surface area contributed by atoms with Gasteiger partial charge in [0.1, 0.15) is 5.76 Å². The zero-order valence-electron chi connectivity index (χ0n) is 10.5. The molecule has 2 amide bonds. The summed E-state index contributed by atoms with van der Waals surface area (Å²) in [6.07, 6.45) is 3.07. The molecule has 1 saturated heterocycles. The van der Waals surface area contributed by atoms with E-state index in [1.54, 1.807) is 24.2 Å². The zero-order valence-corrected chi connectivity index (χ0v) is 10.5. The number of hydrogen-bond donors (Lipinski definition) is 1. The van der Waals surface area contributed by atoms with Gasteiger partial charge in [-0.25, -0.2) is 0 Å². The van der Waals surface area contributed by atoms with E-state index in [1.165, 1.54) is 0 Å². The van der Waals surface area contributed by atoms with Crippen LogP contribution < -0.4 is 5.32 Å². The van der Waals surface area contributed by atoms with E-state index in [9.17, 15) is 9.59 Å². The van der Waals surface area contributed by atoms with Gasteiger partial charge in [0, 0.05) is 25.9 Å². The van der Waals surface area contributed by atoms with Gasteiger partial charge >= 0.3 is 0 Å². The molecule has 1 aromatic heterocycles. The van der Waals surface area contributed by atoms with Gasteiger partial charge in [-0.15, -0.1) is 0 Å². The molecule has 0 aliphatic carbocycles. The molecule has 0 aromatic carbocycles. The number of carbonyl (C=O) groups is 2. The normalized spacial score (nSPS) is 16.6. The molecule has 0 bridgehead atoms. The predicted octanol–water partition coefficient (Wildman–Crippen LogP) is 1.15. The second-order valence-corrected chi connectivity index (χ2v) is 4.58.